The summed E-state index contributed by atoms with van der Waals surface area (Å²) in [6.45, 7) is 1.79. The Bertz CT molecular complexity index is 162. The van der Waals surface area contributed by atoms with E-state index in [2.05, 4.69) is 10.5 Å². The Labute approximate surface area is 88.0 Å². The predicted molar refractivity (Wildman–Crippen MR) is 56.4 cm³/mol. The molecule has 14 heavy (non-hydrogen) atoms. The van der Waals surface area contributed by atoms with E-state index in [1.165, 1.54) is 0 Å². The van der Waals surface area contributed by atoms with Crippen LogP contribution in [-0.2, 0) is 19.0 Å². The number of Topliss-reactive ketones (excluding diaryl/α,β-unsaturated/α-hetero) is 2. The summed E-state index contributed by atoms with van der Waals surface area (Å²) in [5, 5.41) is 0. The van der Waals surface area contributed by atoms with Gasteiger partial charge in [-0.15, -0.1) is 0 Å². The summed E-state index contributed by atoms with van der Waals surface area (Å²) in [5.74, 6) is 4.19. The molecular formula is C8H18NO4P. The molecule has 0 fully saturated rings. The highest BCUT2D eigenvalue weighted by atomic mass is 31.0. The van der Waals surface area contributed by atoms with Crippen molar-refractivity contribution in [1.29, 1.82) is 0 Å². The second-order valence-corrected chi connectivity index (χ2v) is 2.64. The molecule has 84 valence electrons. The zero-order valence-electron chi connectivity index (χ0n) is 9.32. The quantitative estimate of drug-likeness (QED) is 0.407. The Balaban J connectivity index is 0. The lowest BCUT2D eigenvalue weighted by Crippen LogP contribution is -2.08. The van der Waals surface area contributed by atoms with Gasteiger partial charge in [0.1, 0.15) is 12.4 Å². The second kappa shape index (κ2) is 12.7. The normalized spacial score (nSPS) is 9.79. The first-order valence-corrected chi connectivity index (χ1v) is 4.55. The zero-order chi connectivity index (χ0) is 12.1. The predicted octanol–water partition coefficient (Wildman–Crippen LogP) is 0.628. The molecular weight excluding hydrogens is 205 g/mol. The summed E-state index contributed by atoms with van der Waals surface area (Å²) in [6.07, 6.45) is 0.873. The van der Waals surface area contributed by atoms with Crippen LogP contribution in [0.1, 0.15) is 28.0 Å². The van der Waals surface area contributed by atoms with Gasteiger partial charge in [-0.3, -0.25) is 14.2 Å². The Morgan fingerprint density at radius 1 is 1.57 bits per heavy atom. The van der Waals surface area contributed by atoms with E-state index in [1.807, 2.05) is 9.47 Å². The van der Waals surface area contributed by atoms with Crippen LogP contribution in [0.3, 0.4) is 0 Å². The molecule has 0 spiro atoms. The van der Waals surface area contributed by atoms with E-state index in [-0.39, 0.29) is 25.1 Å². The van der Waals surface area contributed by atoms with E-state index in [1.54, 1.807) is 6.92 Å². The van der Waals surface area contributed by atoms with E-state index in [0.717, 1.165) is 0 Å². The van der Waals surface area contributed by atoms with Gasteiger partial charge in [0, 0.05) is 23.7 Å². The van der Waals surface area contributed by atoms with Crippen LogP contribution in [-0.4, -0.2) is 24.8 Å². The number of hydrogen-bond donors (Lipinski definition) is 1. The van der Waals surface area contributed by atoms with Crippen LogP contribution in [0.4, 0.5) is 0 Å². The van der Waals surface area contributed by atoms with E-state index < -0.39 is 0 Å². The van der Waals surface area contributed by atoms with E-state index in [0.29, 0.717) is 19.4 Å². The van der Waals surface area contributed by atoms with Crippen molar-refractivity contribution >= 4 is 21.0 Å². The molecule has 0 aromatic rings. The summed E-state index contributed by atoms with van der Waals surface area (Å²) in [5.41, 5.74) is 0. The summed E-state index contributed by atoms with van der Waals surface area (Å²) in [4.78, 5) is 21.3. The molecule has 0 aliphatic carbocycles. The van der Waals surface area contributed by atoms with Crippen molar-refractivity contribution in [3.05, 3.63) is 0 Å². The van der Waals surface area contributed by atoms with Gasteiger partial charge in [0.15, 0.2) is 5.78 Å². The summed E-state index contributed by atoms with van der Waals surface area (Å²) >= 11 is 0. The maximum atomic E-state index is 10.7. The van der Waals surface area contributed by atoms with Gasteiger partial charge in [0.2, 0.25) is 0 Å². The monoisotopic (exact) mass is 225 g/mol. The first-order chi connectivity index (χ1) is 7.12. The first-order valence-electron chi connectivity index (χ1n) is 4.79. The van der Waals surface area contributed by atoms with Gasteiger partial charge in [-0.2, -0.15) is 0 Å². The molecule has 0 aliphatic heterocycles. The van der Waals surface area contributed by atoms with Crippen molar-refractivity contribution in [2.45, 2.75) is 26.7 Å². The van der Waals surface area contributed by atoms with Crippen LogP contribution in [0.5, 0.6) is 0 Å². The molecule has 0 saturated heterocycles. The first kappa shape index (κ1) is 13.7. The lowest BCUT2D eigenvalue weighted by Gasteiger charge is -1.98. The van der Waals surface area contributed by atoms with Crippen molar-refractivity contribution < 1.29 is 20.3 Å². The molecule has 0 radical (unpaired) electrons. The Morgan fingerprint density at radius 3 is 2.57 bits per heavy atom. The van der Waals surface area contributed by atoms with Gasteiger partial charge in [0.25, 0.3) is 0 Å². The lowest BCUT2D eigenvalue weighted by molar-refractivity contribution is -0.124. The Kier molecular flexibility index (Phi) is 12.3. The average molecular weight is 225 g/mol. The number of nitrogens with two attached hydrogens (primary N) is 1. The third kappa shape index (κ3) is 17.7. The topological polar surface area (TPSA) is 78.6 Å². The second-order valence-electron chi connectivity index (χ2n) is 2.37. The fourth-order valence-electron chi connectivity index (χ4n) is 0.549. The summed E-state index contributed by atoms with van der Waals surface area (Å²) in [6, 6.07) is 0. The summed E-state index contributed by atoms with van der Waals surface area (Å²) < 4.78 is 15.2. The van der Waals surface area contributed by atoms with Crippen molar-refractivity contribution in [2.75, 3.05) is 13.2 Å². The molecule has 1 unspecified atom stereocenters. The molecule has 0 saturated carbocycles. The molecule has 0 aromatic carbocycles. The van der Waals surface area contributed by atoms with Gasteiger partial charge in [-0.1, -0.05) is 6.92 Å². The van der Waals surface area contributed by atoms with Crippen molar-refractivity contribution in [3.8, 4) is 0 Å². The molecule has 5 nitrogen and oxygen atoms in total. The average Bonchev–Trinajstić information content (AvgIpc) is 2.24. The van der Waals surface area contributed by atoms with Gasteiger partial charge >= 0.3 is 0 Å². The molecule has 1 atom stereocenters. The Morgan fingerprint density at radius 2 is 2.14 bits per heavy atom. The fraction of sp³-hybridized carbons (Fsp3) is 0.750. The highest BCUT2D eigenvalue weighted by molar-refractivity contribution is 7.09. The van der Waals surface area contributed by atoms with Crippen molar-refractivity contribution in [3.63, 3.8) is 0 Å². The molecule has 0 amide bonds. The molecule has 0 rings (SSSR count). The highest BCUT2D eigenvalue weighted by Gasteiger charge is 1.98. The van der Waals surface area contributed by atoms with Crippen LogP contribution < -0.4 is 5.90 Å². The standard InChI is InChI=1S/C8H14O3.H4NOP/c1-3-8(10)4-5-11-6-7(2)9;1-2-3/h3-6H2,1-2H3;1,3H2/i2T;. The van der Waals surface area contributed by atoms with Crippen LogP contribution in [0, 0.1) is 0 Å². The number of hydrogen-bond acceptors (Lipinski definition) is 5. The number of rotatable bonds is 6. The zero-order valence-corrected chi connectivity index (χ0v) is 9.48. The number of ketones is 2. The molecule has 2 N–H and O–H groups in total. The lowest BCUT2D eigenvalue weighted by atomic mass is 10.2. The van der Waals surface area contributed by atoms with E-state index >= 15 is 0 Å². The smallest absolute Gasteiger partial charge is 0.155 e. The maximum absolute atomic E-state index is 10.7. The number of carbonyl (C=O) groups is 2. The minimum absolute atomic E-state index is 0.0412. The van der Waals surface area contributed by atoms with Crippen LogP contribution in [0.2, 0.25) is 0 Å². The maximum Gasteiger partial charge on any atom is 0.155 e. The summed E-state index contributed by atoms with van der Waals surface area (Å²) in [7, 11) is 1.86. The SMILES string of the molecule is NOP.[3H]CC(=O)COCCC(=O)CC. The number of ether oxygens (including phenoxy) is 1. The van der Waals surface area contributed by atoms with Gasteiger partial charge in [-0.25, -0.2) is 5.90 Å². The van der Waals surface area contributed by atoms with Gasteiger partial charge in [0.05, 0.1) is 6.61 Å². The van der Waals surface area contributed by atoms with Crippen molar-refractivity contribution in [1.82, 2.24) is 0 Å². The largest absolute Gasteiger partial charge is 0.373 e. The minimum atomic E-state index is -0.251. The molecule has 0 aromatic heterocycles. The van der Waals surface area contributed by atoms with Gasteiger partial charge < -0.3 is 4.74 Å². The third-order valence-electron chi connectivity index (χ3n) is 1.18. The van der Waals surface area contributed by atoms with Crippen LogP contribution in [0.25, 0.3) is 0 Å². The van der Waals surface area contributed by atoms with Gasteiger partial charge in [-0.05, 0) is 6.90 Å². The molecule has 0 heterocycles. The van der Waals surface area contributed by atoms with E-state index in [9.17, 15) is 9.59 Å². The highest BCUT2D eigenvalue weighted by Crippen LogP contribution is 1.89. The molecule has 6 heteroatoms. The minimum Gasteiger partial charge on any atom is -0.373 e. The van der Waals surface area contributed by atoms with E-state index in [4.69, 9.17) is 6.11 Å². The number of carbonyl (C=O) groups excluding carboxylic acids is 2. The van der Waals surface area contributed by atoms with Crippen LogP contribution in [0.15, 0.2) is 0 Å². The molecule has 0 bridgehead atoms. The van der Waals surface area contributed by atoms with Crippen molar-refractivity contribution in [2.24, 2.45) is 5.90 Å². The Hall–Kier alpha value is -0.350. The van der Waals surface area contributed by atoms with Crippen LogP contribution >= 0.6 is 9.47 Å². The third-order valence-corrected chi connectivity index (χ3v) is 1.18. The fourth-order valence-corrected chi connectivity index (χ4v) is 0.549. The molecule has 0 aliphatic rings.